The van der Waals surface area contributed by atoms with E-state index in [0.29, 0.717) is 0 Å². The van der Waals surface area contributed by atoms with Crippen LogP contribution in [-0.4, -0.2) is 31.5 Å². The molecule has 150 valence electrons. The molecule has 0 fully saturated rings. The molecule has 0 bridgehead atoms. The van der Waals surface area contributed by atoms with E-state index in [-0.39, 0.29) is 23.8 Å². The van der Waals surface area contributed by atoms with Gasteiger partial charge < -0.3 is 5.32 Å². The van der Waals surface area contributed by atoms with Crippen LogP contribution in [0.2, 0.25) is 0 Å². The summed E-state index contributed by atoms with van der Waals surface area (Å²) in [5.74, 6) is -0.476. The molecule has 0 unspecified atom stereocenters. The number of nitro groups is 1. The summed E-state index contributed by atoms with van der Waals surface area (Å²) in [4.78, 5) is 23.3. The van der Waals surface area contributed by atoms with Crippen molar-refractivity contribution in [3.63, 3.8) is 0 Å². The number of sulfonamides is 1. The second-order valence-electron chi connectivity index (χ2n) is 6.40. The van der Waals surface area contributed by atoms with Crippen LogP contribution < -0.4 is 9.62 Å². The van der Waals surface area contributed by atoms with Crippen molar-refractivity contribution < 1.29 is 18.1 Å². The van der Waals surface area contributed by atoms with E-state index in [4.69, 9.17) is 0 Å². The Morgan fingerprint density at radius 3 is 2.36 bits per heavy atom. The average molecular weight is 405 g/mol. The fraction of sp³-hybridized carbons (Fsp3) is 0.316. The molecule has 0 heterocycles. The van der Waals surface area contributed by atoms with E-state index in [0.717, 1.165) is 22.2 Å². The fourth-order valence-electron chi connectivity index (χ4n) is 2.94. The lowest BCUT2D eigenvalue weighted by molar-refractivity contribution is -0.384. The third kappa shape index (κ3) is 5.07. The number of nitrogens with zero attached hydrogens (tertiary/aromatic N) is 2. The Morgan fingerprint density at radius 1 is 1.18 bits per heavy atom. The summed E-state index contributed by atoms with van der Waals surface area (Å²) in [6, 6.07) is 13.2. The Kier molecular flexibility index (Phi) is 6.74. The first-order valence-corrected chi connectivity index (χ1v) is 10.6. The first-order chi connectivity index (χ1) is 13.1. The maximum Gasteiger partial charge on any atom is 0.271 e. The minimum Gasteiger partial charge on any atom is -0.348 e. The molecule has 0 saturated heterocycles. The van der Waals surface area contributed by atoms with Gasteiger partial charge in [0, 0.05) is 12.1 Å². The van der Waals surface area contributed by atoms with Crippen LogP contribution in [0.15, 0.2) is 54.6 Å². The van der Waals surface area contributed by atoms with Gasteiger partial charge in [0.1, 0.15) is 6.04 Å². The van der Waals surface area contributed by atoms with E-state index in [1.165, 1.54) is 18.2 Å². The van der Waals surface area contributed by atoms with Gasteiger partial charge in [0.05, 0.1) is 22.9 Å². The lowest BCUT2D eigenvalue weighted by Gasteiger charge is -2.31. The number of hydrogen-bond acceptors (Lipinski definition) is 5. The number of hydrogen-bond donors (Lipinski definition) is 1. The van der Waals surface area contributed by atoms with E-state index in [2.05, 4.69) is 5.32 Å². The number of non-ortho nitro benzene ring substituents is 1. The van der Waals surface area contributed by atoms with E-state index >= 15 is 0 Å². The third-order valence-electron chi connectivity index (χ3n) is 4.28. The SMILES string of the molecule is CC[C@@H](C(=O)N[C@@H](C)c1ccccc1)N(c1cccc([N+](=O)[O-])c1)S(C)(=O)=O. The maximum atomic E-state index is 12.9. The van der Waals surface area contributed by atoms with Crippen LogP contribution in [0.1, 0.15) is 31.9 Å². The van der Waals surface area contributed by atoms with Gasteiger partial charge >= 0.3 is 0 Å². The van der Waals surface area contributed by atoms with Crippen LogP contribution in [0.25, 0.3) is 0 Å². The molecule has 0 spiro atoms. The van der Waals surface area contributed by atoms with Gasteiger partial charge in [-0.15, -0.1) is 0 Å². The normalized spacial score (nSPS) is 13.4. The molecule has 28 heavy (non-hydrogen) atoms. The summed E-state index contributed by atoms with van der Waals surface area (Å²) < 4.78 is 25.8. The van der Waals surface area contributed by atoms with Crippen molar-refractivity contribution in [1.29, 1.82) is 0 Å². The molecular weight excluding hydrogens is 382 g/mol. The number of anilines is 1. The zero-order valence-corrected chi connectivity index (χ0v) is 16.7. The molecule has 0 saturated carbocycles. The minimum atomic E-state index is -3.87. The van der Waals surface area contributed by atoms with Crippen molar-refractivity contribution in [1.82, 2.24) is 5.32 Å². The molecule has 9 heteroatoms. The Hall–Kier alpha value is -2.94. The number of benzene rings is 2. The van der Waals surface area contributed by atoms with E-state index < -0.39 is 26.9 Å². The summed E-state index contributed by atoms with van der Waals surface area (Å²) in [6.45, 7) is 3.49. The molecule has 0 aromatic heterocycles. The van der Waals surface area contributed by atoms with Crippen LogP contribution in [0.3, 0.4) is 0 Å². The van der Waals surface area contributed by atoms with Gasteiger partial charge in [-0.25, -0.2) is 8.42 Å². The number of carbonyl (C=O) groups is 1. The van der Waals surface area contributed by atoms with Crippen LogP contribution in [0, 0.1) is 10.1 Å². The topological polar surface area (TPSA) is 110 Å². The predicted molar refractivity (Wildman–Crippen MR) is 107 cm³/mol. The molecule has 0 aliphatic carbocycles. The summed E-state index contributed by atoms with van der Waals surface area (Å²) in [7, 11) is -3.87. The second-order valence-corrected chi connectivity index (χ2v) is 8.26. The summed E-state index contributed by atoms with van der Waals surface area (Å²) >= 11 is 0. The average Bonchev–Trinajstić information content (AvgIpc) is 2.65. The molecule has 2 aromatic carbocycles. The van der Waals surface area contributed by atoms with E-state index in [1.807, 2.05) is 30.3 Å². The standard InChI is InChI=1S/C19H23N3O5S/c1-4-18(19(23)20-14(2)15-9-6-5-7-10-15)21(28(3,26)27)16-11-8-12-17(13-16)22(24)25/h5-14,18H,4H2,1-3H3,(H,20,23)/t14-,18-/m0/s1. The minimum absolute atomic E-state index is 0.0751. The Labute approximate surface area is 164 Å². The van der Waals surface area contributed by atoms with Crippen molar-refractivity contribution in [2.24, 2.45) is 0 Å². The number of amides is 1. The molecule has 0 radical (unpaired) electrons. The molecular formula is C19H23N3O5S. The second kappa shape index (κ2) is 8.83. The Bertz CT molecular complexity index is 947. The Balaban J connectivity index is 2.37. The van der Waals surface area contributed by atoms with Gasteiger partial charge in [0.2, 0.25) is 15.9 Å². The van der Waals surface area contributed by atoms with Gasteiger partial charge in [-0.2, -0.15) is 0 Å². The highest BCUT2D eigenvalue weighted by atomic mass is 32.2. The first kappa shape index (κ1) is 21.4. The van der Waals surface area contributed by atoms with Crippen LogP contribution >= 0.6 is 0 Å². The highest BCUT2D eigenvalue weighted by molar-refractivity contribution is 7.92. The van der Waals surface area contributed by atoms with Crippen LogP contribution in [-0.2, 0) is 14.8 Å². The Morgan fingerprint density at radius 2 is 1.82 bits per heavy atom. The maximum absolute atomic E-state index is 12.9. The van der Waals surface area contributed by atoms with Crippen molar-refractivity contribution in [2.75, 3.05) is 10.6 Å². The molecule has 2 atom stereocenters. The van der Waals surface area contributed by atoms with E-state index in [1.54, 1.807) is 13.8 Å². The fourth-order valence-corrected chi connectivity index (χ4v) is 4.14. The summed E-state index contributed by atoms with van der Waals surface area (Å²) in [5.41, 5.74) is 0.706. The number of carbonyl (C=O) groups excluding carboxylic acids is 1. The molecule has 8 nitrogen and oxygen atoms in total. The molecule has 2 aromatic rings. The molecule has 2 rings (SSSR count). The first-order valence-electron chi connectivity index (χ1n) is 8.74. The zero-order valence-electron chi connectivity index (χ0n) is 15.9. The highest BCUT2D eigenvalue weighted by Gasteiger charge is 2.32. The van der Waals surface area contributed by atoms with Gasteiger partial charge in [-0.3, -0.25) is 19.2 Å². The molecule has 0 aliphatic rings. The monoisotopic (exact) mass is 405 g/mol. The van der Waals surface area contributed by atoms with Crippen molar-refractivity contribution in [3.05, 3.63) is 70.3 Å². The van der Waals surface area contributed by atoms with Gasteiger partial charge in [0.25, 0.3) is 5.69 Å². The zero-order chi connectivity index (χ0) is 20.9. The predicted octanol–water partition coefficient (Wildman–Crippen LogP) is 3.02. The number of nitro benzene ring substituents is 1. The molecule has 1 amide bonds. The quantitative estimate of drug-likeness (QED) is 0.536. The van der Waals surface area contributed by atoms with Gasteiger partial charge in [-0.1, -0.05) is 43.3 Å². The number of rotatable bonds is 8. The number of nitrogens with one attached hydrogen (secondary N) is 1. The largest absolute Gasteiger partial charge is 0.348 e. The van der Waals surface area contributed by atoms with E-state index in [9.17, 15) is 23.3 Å². The van der Waals surface area contributed by atoms with Crippen molar-refractivity contribution in [2.45, 2.75) is 32.4 Å². The smallest absolute Gasteiger partial charge is 0.271 e. The molecule has 1 N–H and O–H groups in total. The lowest BCUT2D eigenvalue weighted by Crippen LogP contribution is -2.49. The lowest BCUT2D eigenvalue weighted by atomic mass is 10.1. The van der Waals surface area contributed by atoms with Crippen LogP contribution in [0.5, 0.6) is 0 Å². The van der Waals surface area contributed by atoms with Crippen LogP contribution in [0.4, 0.5) is 11.4 Å². The van der Waals surface area contributed by atoms with Crippen molar-refractivity contribution >= 4 is 27.3 Å². The third-order valence-corrected chi connectivity index (χ3v) is 5.46. The highest BCUT2D eigenvalue weighted by Crippen LogP contribution is 2.27. The molecule has 0 aliphatic heterocycles. The summed E-state index contributed by atoms with van der Waals surface area (Å²) in [6.07, 6.45) is 1.17. The summed E-state index contributed by atoms with van der Waals surface area (Å²) in [5, 5.41) is 13.9. The van der Waals surface area contributed by atoms with Crippen molar-refractivity contribution in [3.8, 4) is 0 Å². The van der Waals surface area contributed by atoms with Gasteiger partial charge in [0.15, 0.2) is 0 Å². The van der Waals surface area contributed by atoms with Gasteiger partial charge in [-0.05, 0) is 25.0 Å².